The minimum Gasteiger partial charge on any atom is -0.456 e. The second-order valence-corrected chi connectivity index (χ2v) is 6.27. The molecule has 21 heavy (non-hydrogen) atoms. The molecule has 0 aliphatic heterocycles. The minimum absolute atomic E-state index is 0.148. The van der Waals surface area contributed by atoms with Crippen LogP contribution in [0.5, 0.6) is 11.5 Å². The van der Waals surface area contributed by atoms with Gasteiger partial charge in [-0.05, 0) is 42.8 Å². The molecule has 0 amide bonds. The van der Waals surface area contributed by atoms with Crippen LogP contribution in [-0.4, -0.2) is 14.2 Å². The van der Waals surface area contributed by atoms with Crippen molar-refractivity contribution in [3.05, 3.63) is 48.0 Å². The summed E-state index contributed by atoms with van der Waals surface area (Å²) < 4.78 is 54.1. The minimum atomic E-state index is -4.73. The number of ether oxygens (including phenoxy) is 1. The Morgan fingerprint density at radius 1 is 1.10 bits per heavy atom. The molecule has 0 aromatic heterocycles. The van der Waals surface area contributed by atoms with Crippen LogP contribution in [0.4, 0.5) is 14.5 Å². The lowest BCUT2D eigenvalue weighted by Gasteiger charge is -2.13. The molecule has 0 fully saturated rings. The molecule has 112 valence electrons. The molecule has 0 spiro atoms. The number of nitrogen functional groups attached to an aromatic ring is 1. The number of hydrogen-bond donors (Lipinski definition) is 1. The maximum atomic E-state index is 12.7. The monoisotopic (exact) mass is 313 g/mol. The van der Waals surface area contributed by atoms with Crippen LogP contribution in [0, 0.1) is 6.92 Å². The molecule has 7 heteroatoms. The van der Waals surface area contributed by atoms with E-state index in [1.807, 2.05) is 0 Å². The summed E-state index contributed by atoms with van der Waals surface area (Å²) in [7, 11) is -4.73. The Labute approximate surface area is 121 Å². The molecule has 2 rings (SSSR count). The SMILES string of the molecule is Cc1cc(N)ccc1Oc1ccccc1S(=O)(=O)C(F)F. The predicted molar refractivity (Wildman–Crippen MR) is 75.3 cm³/mol. The molecule has 0 aliphatic rings. The number of halogens is 2. The van der Waals surface area contributed by atoms with Gasteiger partial charge in [0.25, 0.3) is 0 Å². The first-order valence-corrected chi connectivity index (χ1v) is 7.52. The van der Waals surface area contributed by atoms with Crippen molar-refractivity contribution in [3.8, 4) is 11.5 Å². The number of aryl methyl sites for hydroxylation is 1. The first-order valence-electron chi connectivity index (χ1n) is 5.97. The van der Waals surface area contributed by atoms with Gasteiger partial charge in [0.1, 0.15) is 16.4 Å². The van der Waals surface area contributed by atoms with Gasteiger partial charge in [-0.1, -0.05) is 12.1 Å². The highest BCUT2D eigenvalue weighted by molar-refractivity contribution is 7.91. The van der Waals surface area contributed by atoms with E-state index in [1.165, 1.54) is 18.2 Å². The van der Waals surface area contributed by atoms with Crippen molar-refractivity contribution in [2.45, 2.75) is 17.6 Å². The number of alkyl halides is 2. The zero-order valence-corrected chi connectivity index (χ0v) is 11.9. The van der Waals surface area contributed by atoms with E-state index in [-0.39, 0.29) is 5.75 Å². The number of benzene rings is 2. The summed E-state index contributed by atoms with van der Waals surface area (Å²) in [5.41, 5.74) is 6.80. The van der Waals surface area contributed by atoms with E-state index in [9.17, 15) is 17.2 Å². The fraction of sp³-hybridized carbons (Fsp3) is 0.143. The summed E-state index contributed by atoms with van der Waals surface area (Å²) in [5.74, 6) is -3.30. The van der Waals surface area contributed by atoms with Crippen molar-refractivity contribution in [2.75, 3.05) is 5.73 Å². The van der Waals surface area contributed by atoms with Gasteiger partial charge in [0.05, 0.1) is 0 Å². The van der Waals surface area contributed by atoms with Crippen LogP contribution in [0.3, 0.4) is 0 Å². The molecule has 0 heterocycles. The summed E-state index contributed by atoms with van der Waals surface area (Å²) in [6, 6.07) is 10.0. The van der Waals surface area contributed by atoms with Gasteiger partial charge in [0.15, 0.2) is 0 Å². The van der Waals surface area contributed by atoms with Gasteiger partial charge in [-0.15, -0.1) is 0 Å². The summed E-state index contributed by atoms with van der Waals surface area (Å²) in [6.07, 6.45) is 0. The topological polar surface area (TPSA) is 69.4 Å². The van der Waals surface area contributed by atoms with Crippen LogP contribution in [0.15, 0.2) is 47.4 Å². The van der Waals surface area contributed by atoms with E-state index in [1.54, 1.807) is 25.1 Å². The number of hydrogen-bond acceptors (Lipinski definition) is 4. The van der Waals surface area contributed by atoms with Crippen LogP contribution in [0.25, 0.3) is 0 Å². The Morgan fingerprint density at radius 3 is 2.38 bits per heavy atom. The fourth-order valence-electron chi connectivity index (χ4n) is 1.77. The van der Waals surface area contributed by atoms with Crippen molar-refractivity contribution in [1.82, 2.24) is 0 Å². The third kappa shape index (κ3) is 3.13. The van der Waals surface area contributed by atoms with Crippen LogP contribution >= 0.6 is 0 Å². The highest BCUT2D eigenvalue weighted by Gasteiger charge is 2.30. The van der Waals surface area contributed by atoms with E-state index in [4.69, 9.17) is 10.5 Å². The van der Waals surface area contributed by atoms with Gasteiger partial charge in [0.2, 0.25) is 9.84 Å². The highest BCUT2D eigenvalue weighted by atomic mass is 32.2. The van der Waals surface area contributed by atoms with Crippen molar-refractivity contribution in [2.24, 2.45) is 0 Å². The Morgan fingerprint density at radius 2 is 1.76 bits per heavy atom. The molecule has 0 bridgehead atoms. The molecule has 2 aromatic carbocycles. The van der Waals surface area contributed by atoms with Gasteiger partial charge >= 0.3 is 5.76 Å². The molecule has 2 N–H and O–H groups in total. The Kier molecular flexibility index (Phi) is 4.13. The van der Waals surface area contributed by atoms with Crippen molar-refractivity contribution in [3.63, 3.8) is 0 Å². The molecule has 0 atom stereocenters. The average Bonchev–Trinajstić information content (AvgIpc) is 2.42. The lowest BCUT2D eigenvalue weighted by Crippen LogP contribution is -2.12. The Bertz CT molecular complexity index is 761. The first kappa shape index (κ1) is 15.2. The van der Waals surface area contributed by atoms with Gasteiger partial charge in [-0.2, -0.15) is 8.78 Å². The Hall–Kier alpha value is -2.15. The van der Waals surface area contributed by atoms with Crippen LogP contribution in [0.2, 0.25) is 0 Å². The van der Waals surface area contributed by atoms with Crippen LogP contribution < -0.4 is 10.5 Å². The summed E-state index contributed by atoms with van der Waals surface area (Å²) in [6.45, 7) is 1.72. The summed E-state index contributed by atoms with van der Waals surface area (Å²) >= 11 is 0. The molecule has 0 saturated carbocycles. The van der Waals surface area contributed by atoms with E-state index < -0.39 is 20.5 Å². The molecule has 0 radical (unpaired) electrons. The predicted octanol–water partition coefficient (Wildman–Crippen LogP) is 3.37. The quantitative estimate of drug-likeness (QED) is 0.879. The van der Waals surface area contributed by atoms with Gasteiger partial charge in [-0.3, -0.25) is 0 Å². The maximum absolute atomic E-state index is 12.7. The first-order chi connectivity index (χ1) is 9.82. The standard InChI is InChI=1S/C14H13F2NO3S/c1-9-8-10(17)6-7-11(9)20-12-4-2-3-5-13(12)21(18,19)14(15)16/h2-8,14H,17H2,1H3. The summed E-state index contributed by atoms with van der Waals surface area (Å²) in [4.78, 5) is -0.545. The molecule has 2 aromatic rings. The lowest BCUT2D eigenvalue weighted by molar-refractivity contribution is 0.234. The smallest absolute Gasteiger partial charge is 0.341 e. The van der Waals surface area contributed by atoms with Gasteiger partial charge < -0.3 is 10.5 Å². The van der Waals surface area contributed by atoms with Crippen LogP contribution in [-0.2, 0) is 9.84 Å². The molecule has 0 aliphatic carbocycles. The summed E-state index contributed by atoms with van der Waals surface area (Å²) in [5, 5.41) is 0. The number of rotatable bonds is 4. The van der Waals surface area contributed by atoms with E-state index >= 15 is 0 Å². The highest BCUT2D eigenvalue weighted by Crippen LogP contribution is 2.33. The van der Waals surface area contributed by atoms with Gasteiger partial charge in [-0.25, -0.2) is 8.42 Å². The maximum Gasteiger partial charge on any atom is 0.341 e. The molecular weight excluding hydrogens is 300 g/mol. The van der Waals surface area contributed by atoms with Crippen molar-refractivity contribution >= 4 is 15.5 Å². The Balaban J connectivity index is 2.47. The normalized spacial score (nSPS) is 11.6. The average molecular weight is 313 g/mol. The third-order valence-electron chi connectivity index (χ3n) is 2.81. The van der Waals surface area contributed by atoms with Crippen LogP contribution in [0.1, 0.15) is 5.56 Å². The van der Waals surface area contributed by atoms with E-state index in [0.717, 1.165) is 6.07 Å². The molecular formula is C14H13F2NO3S. The molecule has 4 nitrogen and oxygen atoms in total. The zero-order chi connectivity index (χ0) is 15.6. The number of sulfone groups is 1. The van der Waals surface area contributed by atoms with Crippen molar-refractivity contribution < 1.29 is 21.9 Å². The van der Waals surface area contributed by atoms with Crippen molar-refractivity contribution in [1.29, 1.82) is 0 Å². The third-order valence-corrected chi connectivity index (χ3v) is 4.23. The van der Waals surface area contributed by atoms with E-state index in [0.29, 0.717) is 17.0 Å². The molecule has 0 unspecified atom stereocenters. The van der Waals surface area contributed by atoms with E-state index in [2.05, 4.69) is 0 Å². The second kappa shape index (κ2) is 5.69. The fourth-order valence-corrected chi connectivity index (χ4v) is 2.62. The number of anilines is 1. The largest absolute Gasteiger partial charge is 0.456 e. The molecule has 0 saturated heterocycles. The van der Waals surface area contributed by atoms with Gasteiger partial charge in [0, 0.05) is 5.69 Å². The number of nitrogens with two attached hydrogens (primary N) is 1. The number of para-hydroxylation sites is 1. The lowest BCUT2D eigenvalue weighted by atomic mass is 10.2. The second-order valence-electron chi connectivity index (χ2n) is 4.38. The zero-order valence-electron chi connectivity index (χ0n) is 11.1.